The van der Waals surface area contributed by atoms with Crippen LogP contribution in [0, 0.1) is 0 Å². The van der Waals surface area contributed by atoms with Gasteiger partial charge < -0.3 is 10.4 Å². The maximum atomic E-state index is 12.2. The smallest absolute Gasteiger partial charge is 0.329 e. The standard InChI is InChI=1S/C14H22N2O4S/c1-4-10-14(3,13(17)18)16-11-8-6-7-9-12(11)21(19,20)15-5-2/h6-9,15-16H,4-5,10H2,1-3H3,(H,17,18). The van der Waals surface area contributed by atoms with Gasteiger partial charge in [0, 0.05) is 6.54 Å². The van der Waals surface area contributed by atoms with E-state index in [1.165, 1.54) is 6.07 Å². The molecule has 118 valence electrons. The second-order valence-corrected chi connectivity index (χ2v) is 6.75. The number of carbonyl (C=O) groups is 1. The largest absolute Gasteiger partial charge is 0.480 e. The molecule has 3 N–H and O–H groups in total. The number of hydrogen-bond acceptors (Lipinski definition) is 4. The molecule has 1 rings (SSSR count). The number of anilines is 1. The molecule has 7 heteroatoms. The monoisotopic (exact) mass is 314 g/mol. The van der Waals surface area contributed by atoms with Crippen LogP contribution >= 0.6 is 0 Å². The van der Waals surface area contributed by atoms with E-state index in [0.29, 0.717) is 12.8 Å². The molecule has 0 radical (unpaired) electrons. The highest BCUT2D eigenvalue weighted by molar-refractivity contribution is 7.89. The van der Waals surface area contributed by atoms with E-state index in [9.17, 15) is 18.3 Å². The van der Waals surface area contributed by atoms with Crippen molar-refractivity contribution < 1.29 is 18.3 Å². The zero-order valence-corrected chi connectivity index (χ0v) is 13.3. The lowest BCUT2D eigenvalue weighted by Gasteiger charge is -2.28. The Bertz CT molecular complexity index is 601. The van der Waals surface area contributed by atoms with Crippen molar-refractivity contribution in [2.45, 2.75) is 44.0 Å². The number of carboxylic acids is 1. The first kappa shape index (κ1) is 17.5. The van der Waals surface area contributed by atoms with E-state index < -0.39 is 21.5 Å². The van der Waals surface area contributed by atoms with E-state index in [2.05, 4.69) is 10.0 Å². The Morgan fingerprint density at radius 1 is 1.29 bits per heavy atom. The number of hydrogen-bond donors (Lipinski definition) is 3. The Morgan fingerprint density at radius 2 is 1.90 bits per heavy atom. The fourth-order valence-electron chi connectivity index (χ4n) is 2.09. The number of aliphatic carboxylic acids is 1. The molecule has 0 amide bonds. The van der Waals surface area contributed by atoms with Gasteiger partial charge in [-0.15, -0.1) is 0 Å². The van der Waals surface area contributed by atoms with Gasteiger partial charge in [-0.05, 0) is 25.5 Å². The van der Waals surface area contributed by atoms with Crippen molar-refractivity contribution in [3.05, 3.63) is 24.3 Å². The number of para-hydroxylation sites is 1. The minimum atomic E-state index is -3.66. The van der Waals surface area contributed by atoms with Crippen LogP contribution < -0.4 is 10.0 Å². The van der Waals surface area contributed by atoms with Gasteiger partial charge in [-0.2, -0.15) is 0 Å². The van der Waals surface area contributed by atoms with Gasteiger partial charge in [-0.25, -0.2) is 17.9 Å². The van der Waals surface area contributed by atoms with Crippen molar-refractivity contribution in [1.82, 2.24) is 4.72 Å². The first-order valence-electron chi connectivity index (χ1n) is 6.87. The van der Waals surface area contributed by atoms with Gasteiger partial charge in [0.15, 0.2) is 0 Å². The average molecular weight is 314 g/mol. The van der Waals surface area contributed by atoms with Gasteiger partial charge in [0.05, 0.1) is 5.69 Å². The maximum absolute atomic E-state index is 12.2. The van der Waals surface area contributed by atoms with Crippen LogP contribution in [0.2, 0.25) is 0 Å². The predicted octanol–water partition coefficient (Wildman–Crippen LogP) is 2.04. The first-order chi connectivity index (χ1) is 9.77. The molecule has 1 atom stereocenters. The third-order valence-electron chi connectivity index (χ3n) is 3.14. The number of rotatable bonds is 8. The topological polar surface area (TPSA) is 95.5 Å². The Morgan fingerprint density at radius 3 is 2.43 bits per heavy atom. The molecule has 6 nitrogen and oxygen atoms in total. The molecule has 0 saturated heterocycles. The summed E-state index contributed by atoms with van der Waals surface area (Å²) in [6, 6.07) is 6.30. The van der Waals surface area contributed by atoms with Crippen molar-refractivity contribution in [2.24, 2.45) is 0 Å². The predicted molar refractivity (Wildman–Crippen MR) is 81.9 cm³/mol. The molecular formula is C14H22N2O4S. The maximum Gasteiger partial charge on any atom is 0.329 e. The van der Waals surface area contributed by atoms with Crippen LogP contribution in [0.4, 0.5) is 5.69 Å². The Kier molecular flexibility index (Phi) is 5.74. The molecule has 0 fully saturated rings. The molecule has 1 aromatic carbocycles. The minimum absolute atomic E-state index is 0.0513. The summed E-state index contributed by atoms with van der Waals surface area (Å²) in [5, 5.41) is 12.3. The van der Waals surface area contributed by atoms with Gasteiger partial charge in [-0.3, -0.25) is 0 Å². The molecule has 1 aromatic rings. The number of benzene rings is 1. The summed E-state index contributed by atoms with van der Waals surface area (Å²) >= 11 is 0. The summed E-state index contributed by atoms with van der Waals surface area (Å²) in [6.07, 6.45) is 1.05. The quantitative estimate of drug-likeness (QED) is 0.682. The van der Waals surface area contributed by atoms with Crippen LogP contribution in [-0.4, -0.2) is 31.6 Å². The summed E-state index contributed by atoms with van der Waals surface area (Å²) in [4.78, 5) is 11.5. The van der Waals surface area contributed by atoms with Crippen LogP contribution in [0.1, 0.15) is 33.6 Å². The molecule has 0 aliphatic rings. The van der Waals surface area contributed by atoms with Crippen molar-refractivity contribution in [3.63, 3.8) is 0 Å². The highest BCUT2D eigenvalue weighted by atomic mass is 32.2. The molecule has 0 aromatic heterocycles. The van der Waals surface area contributed by atoms with Crippen LogP contribution in [0.15, 0.2) is 29.2 Å². The van der Waals surface area contributed by atoms with Gasteiger partial charge >= 0.3 is 5.97 Å². The lowest BCUT2D eigenvalue weighted by atomic mass is 9.96. The summed E-state index contributed by atoms with van der Waals surface area (Å²) in [5.74, 6) is -1.01. The highest BCUT2D eigenvalue weighted by Gasteiger charge is 2.33. The third-order valence-corrected chi connectivity index (χ3v) is 4.75. The van der Waals surface area contributed by atoms with E-state index in [0.717, 1.165) is 0 Å². The van der Waals surface area contributed by atoms with E-state index in [4.69, 9.17) is 0 Å². The van der Waals surface area contributed by atoms with Crippen LogP contribution in [0.5, 0.6) is 0 Å². The van der Waals surface area contributed by atoms with Gasteiger partial charge in [-0.1, -0.05) is 32.4 Å². The SMILES string of the molecule is CCCC(C)(Nc1ccccc1S(=O)(=O)NCC)C(=O)O. The van der Waals surface area contributed by atoms with E-state index in [1.54, 1.807) is 32.0 Å². The van der Waals surface area contributed by atoms with Gasteiger partial charge in [0.1, 0.15) is 10.4 Å². The molecule has 0 aliphatic carbocycles. The third kappa shape index (κ3) is 4.18. The lowest BCUT2D eigenvalue weighted by Crippen LogP contribution is -2.43. The number of sulfonamides is 1. The van der Waals surface area contributed by atoms with E-state index in [-0.39, 0.29) is 17.1 Å². The second-order valence-electron chi connectivity index (χ2n) is 5.01. The van der Waals surface area contributed by atoms with Crippen LogP contribution in [-0.2, 0) is 14.8 Å². The Balaban J connectivity index is 3.23. The summed E-state index contributed by atoms with van der Waals surface area (Å²) < 4.78 is 26.7. The van der Waals surface area contributed by atoms with E-state index in [1.807, 2.05) is 6.92 Å². The molecule has 0 heterocycles. The molecule has 0 spiro atoms. The summed E-state index contributed by atoms with van der Waals surface area (Å²) in [7, 11) is -3.66. The fourth-order valence-corrected chi connectivity index (χ4v) is 3.29. The normalized spacial score (nSPS) is 14.4. The Labute approximate surface area is 125 Å². The second kappa shape index (κ2) is 6.91. The van der Waals surface area contributed by atoms with Crippen molar-refractivity contribution >= 4 is 21.7 Å². The van der Waals surface area contributed by atoms with Crippen LogP contribution in [0.3, 0.4) is 0 Å². The van der Waals surface area contributed by atoms with Crippen molar-refractivity contribution in [2.75, 3.05) is 11.9 Å². The number of carboxylic acid groups (broad SMARTS) is 1. The molecule has 0 aliphatic heterocycles. The average Bonchev–Trinajstić information content (AvgIpc) is 2.39. The fraction of sp³-hybridized carbons (Fsp3) is 0.500. The molecule has 0 saturated carbocycles. The van der Waals surface area contributed by atoms with Gasteiger partial charge in [0.25, 0.3) is 0 Å². The first-order valence-corrected chi connectivity index (χ1v) is 8.35. The van der Waals surface area contributed by atoms with Crippen molar-refractivity contribution in [3.8, 4) is 0 Å². The minimum Gasteiger partial charge on any atom is -0.480 e. The molecule has 1 unspecified atom stereocenters. The number of nitrogens with one attached hydrogen (secondary N) is 2. The van der Waals surface area contributed by atoms with Gasteiger partial charge in [0.2, 0.25) is 10.0 Å². The molecule has 0 bridgehead atoms. The zero-order chi connectivity index (χ0) is 16.1. The summed E-state index contributed by atoms with van der Waals surface area (Å²) in [5.41, 5.74) is -0.927. The Hall–Kier alpha value is -1.60. The highest BCUT2D eigenvalue weighted by Crippen LogP contribution is 2.26. The molecule has 21 heavy (non-hydrogen) atoms. The lowest BCUT2D eigenvalue weighted by molar-refractivity contribution is -0.142. The molecular weight excluding hydrogens is 292 g/mol. The zero-order valence-electron chi connectivity index (χ0n) is 12.5. The van der Waals surface area contributed by atoms with Crippen LogP contribution in [0.25, 0.3) is 0 Å². The van der Waals surface area contributed by atoms with Crippen molar-refractivity contribution in [1.29, 1.82) is 0 Å². The summed E-state index contributed by atoms with van der Waals surface area (Å²) in [6.45, 7) is 5.38. The van der Waals surface area contributed by atoms with E-state index >= 15 is 0 Å².